The summed E-state index contributed by atoms with van der Waals surface area (Å²) in [5.41, 5.74) is 0. The minimum Gasteiger partial charge on any atom is -0.475 e. The first-order valence-electron chi connectivity index (χ1n) is 9.00. The summed E-state index contributed by atoms with van der Waals surface area (Å²) in [5, 5.41) is 9.90. The fraction of sp³-hybridized carbons (Fsp3) is 0.722. The molecule has 0 fully saturated rings. The van der Waals surface area contributed by atoms with Crippen LogP contribution >= 0.6 is 0 Å². The molecule has 10 heteroatoms. The van der Waals surface area contributed by atoms with Crippen molar-refractivity contribution in [3.63, 3.8) is 0 Å². The van der Waals surface area contributed by atoms with Crippen molar-refractivity contribution in [1.82, 2.24) is 0 Å². The lowest BCUT2D eigenvalue weighted by atomic mass is 10.0. The van der Waals surface area contributed by atoms with E-state index in [0.717, 1.165) is 6.92 Å². The Morgan fingerprint density at radius 3 is 1.82 bits per heavy atom. The van der Waals surface area contributed by atoms with Gasteiger partial charge < -0.3 is 24.1 Å². The standard InChI is InChI=1S/C18H28O10/c1-7-10-14(21)27-18(16(23)24,28-15(22)11(4)5)17(9-3,25-12(6)19)26-13(20)8-2/h11H,7-10H2,1-6H3,(H,23,24). The van der Waals surface area contributed by atoms with Crippen molar-refractivity contribution in [2.75, 3.05) is 0 Å². The van der Waals surface area contributed by atoms with E-state index in [9.17, 15) is 29.1 Å². The smallest absolute Gasteiger partial charge is 0.435 e. The maximum absolute atomic E-state index is 12.2. The lowest BCUT2D eigenvalue weighted by molar-refractivity contribution is -0.355. The van der Waals surface area contributed by atoms with E-state index in [1.807, 2.05) is 0 Å². The quantitative estimate of drug-likeness (QED) is 0.401. The highest BCUT2D eigenvalue weighted by Gasteiger charge is 2.69. The Morgan fingerprint density at radius 1 is 0.893 bits per heavy atom. The predicted octanol–water partition coefficient (Wildman–Crippen LogP) is 1.93. The molecule has 2 unspecified atom stereocenters. The van der Waals surface area contributed by atoms with Gasteiger partial charge in [-0.05, 0) is 6.42 Å². The maximum Gasteiger partial charge on any atom is 0.435 e. The number of hydrogen-bond acceptors (Lipinski definition) is 9. The molecule has 10 nitrogen and oxygen atoms in total. The Balaban J connectivity index is 6.72. The number of esters is 4. The van der Waals surface area contributed by atoms with E-state index in [-0.39, 0.29) is 12.8 Å². The van der Waals surface area contributed by atoms with Crippen molar-refractivity contribution >= 4 is 29.8 Å². The largest absolute Gasteiger partial charge is 0.475 e. The van der Waals surface area contributed by atoms with Crippen LogP contribution in [0, 0.1) is 5.92 Å². The van der Waals surface area contributed by atoms with Crippen LogP contribution in [0.4, 0.5) is 0 Å². The molecule has 0 aliphatic heterocycles. The molecule has 0 radical (unpaired) electrons. The SMILES string of the molecule is CCCC(=O)OC(OC(=O)C(C)C)(C(=O)O)C(CC)(OC(C)=O)OC(=O)CC. The van der Waals surface area contributed by atoms with Gasteiger partial charge in [0.25, 0.3) is 0 Å². The lowest BCUT2D eigenvalue weighted by Crippen LogP contribution is -2.67. The van der Waals surface area contributed by atoms with E-state index in [1.165, 1.54) is 27.7 Å². The molecule has 0 heterocycles. The van der Waals surface area contributed by atoms with Crippen molar-refractivity contribution in [3.05, 3.63) is 0 Å². The molecule has 0 amide bonds. The average Bonchev–Trinajstić information content (AvgIpc) is 2.59. The van der Waals surface area contributed by atoms with Crippen LogP contribution in [-0.2, 0) is 42.9 Å². The Morgan fingerprint density at radius 2 is 1.46 bits per heavy atom. The summed E-state index contributed by atoms with van der Waals surface area (Å²) in [4.78, 5) is 60.3. The highest BCUT2D eigenvalue weighted by Crippen LogP contribution is 2.38. The second-order valence-corrected chi connectivity index (χ2v) is 6.25. The molecule has 0 saturated carbocycles. The summed E-state index contributed by atoms with van der Waals surface area (Å²) in [5.74, 6) is -12.8. The average molecular weight is 404 g/mol. The van der Waals surface area contributed by atoms with Crippen molar-refractivity contribution in [3.8, 4) is 0 Å². The van der Waals surface area contributed by atoms with E-state index in [0.29, 0.717) is 6.42 Å². The molecule has 0 rings (SSSR count). The number of carbonyl (C=O) groups is 5. The Bertz CT molecular complexity index is 611. The van der Waals surface area contributed by atoms with Crippen LogP contribution in [0.3, 0.4) is 0 Å². The first-order chi connectivity index (χ1) is 12.9. The molecular formula is C18H28O10. The number of hydrogen-bond donors (Lipinski definition) is 1. The molecule has 0 aromatic carbocycles. The molecule has 28 heavy (non-hydrogen) atoms. The van der Waals surface area contributed by atoms with Crippen molar-refractivity contribution < 1.29 is 48.0 Å². The zero-order chi connectivity index (χ0) is 22.1. The van der Waals surface area contributed by atoms with Crippen LogP contribution in [0.1, 0.15) is 67.2 Å². The Hall–Kier alpha value is -2.65. The molecule has 1 N–H and O–H groups in total. The third kappa shape index (κ3) is 5.93. The van der Waals surface area contributed by atoms with Crippen molar-refractivity contribution in [1.29, 1.82) is 0 Å². The number of carbonyl (C=O) groups excluding carboxylic acids is 4. The zero-order valence-electron chi connectivity index (χ0n) is 17.0. The Kier molecular flexibility index (Phi) is 9.62. The molecule has 0 aromatic heterocycles. The van der Waals surface area contributed by atoms with Gasteiger partial charge in [-0.15, -0.1) is 0 Å². The van der Waals surface area contributed by atoms with Gasteiger partial charge in [-0.25, -0.2) is 4.79 Å². The summed E-state index contributed by atoms with van der Waals surface area (Å²) in [6, 6.07) is 0. The molecule has 2 atom stereocenters. The van der Waals surface area contributed by atoms with E-state index in [2.05, 4.69) is 0 Å². The zero-order valence-corrected chi connectivity index (χ0v) is 17.0. The summed E-state index contributed by atoms with van der Waals surface area (Å²) in [7, 11) is 0. The number of carboxylic acids is 1. The monoisotopic (exact) mass is 404 g/mol. The molecular weight excluding hydrogens is 376 g/mol. The van der Waals surface area contributed by atoms with Crippen LogP contribution in [0.2, 0.25) is 0 Å². The molecule has 0 spiro atoms. The van der Waals surface area contributed by atoms with Gasteiger partial charge in [0.15, 0.2) is 0 Å². The summed E-state index contributed by atoms with van der Waals surface area (Å²) in [6.45, 7) is 8.15. The van der Waals surface area contributed by atoms with E-state index >= 15 is 0 Å². The molecule has 0 aliphatic carbocycles. The Labute approximate surface area is 163 Å². The third-order valence-electron chi connectivity index (χ3n) is 3.55. The highest BCUT2D eigenvalue weighted by molar-refractivity contribution is 5.86. The van der Waals surface area contributed by atoms with Gasteiger partial charge in [-0.2, -0.15) is 0 Å². The minimum atomic E-state index is -3.22. The van der Waals surface area contributed by atoms with Crippen molar-refractivity contribution in [2.45, 2.75) is 78.8 Å². The first kappa shape index (κ1) is 25.4. The van der Waals surface area contributed by atoms with Gasteiger partial charge >= 0.3 is 41.4 Å². The number of rotatable bonds is 11. The molecule has 0 aromatic rings. The van der Waals surface area contributed by atoms with E-state index in [1.54, 1.807) is 6.92 Å². The van der Waals surface area contributed by atoms with E-state index < -0.39 is 53.8 Å². The summed E-state index contributed by atoms with van der Waals surface area (Å²) >= 11 is 0. The van der Waals surface area contributed by atoms with Crippen LogP contribution in [0.15, 0.2) is 0 Å². The second-order valence-electron chi connectivity index (χ2n) is 6.25. The number of carboxylic acid groups (broad SMARTS) is 1. The summed E-state index contributed by atoms with van der Waals surface area (Å²) in [6.07, 6.45) is -0.598. The maximum atomic E-state index is 12.2. The molecule has 0 aliphatic rings. The van der Waals surface area contributed by atoms with Gasteiger partial charge in [0.1, 0.15) is 0 Å². The number of aliphatic carboxylic acids is 1. The van der Waals surface area contributed by atoms with Gasteiger partial charge in [-0.3, -0.25) is 19.2 Å². The van der Waals surface area contributed by atoms with Gasteiger partial charge in [-0.1, -0.05) is 34.6 Å². The highest BCUT2D eigenvalue weighted by atomic mass is 16.8. The summed E-state index contributed by atoms with van der Waals surface area (Å²) < 4.78 is 20.2. The normalized spacial score (nSPS) is 15.0. The minimum absolute atomic E-state index is 0.209. The van der Waals surface area contributed by atoms with Crippen LogP contribution < -0.4 is 0 Å². The molecule has 0 bridgehead atoms. The van der Waals surface area contributed by atoms with Gasteiger partial charge in [0.2, 0.25) is 0 Å². The third-order valence-corrected chi connectivity index (χ3v) is 3.55. The van der Waals surface area contributed by atoms with Crippen molar-refractivity contribution in [2.24, 2.45) is 5.92 Å². The fourth-order valence-corrected chi connectivity index (χ4v) is 2.12. The van der Waals surface area contributed by atoms with Crippen LogP contribution in [0.25, 0.3) is 0 Å². The van der Waals surface area contributed by atoms with Crippen LogP contribution in [0.5, 0.6) is 0 Å². The second kappa shape index (κ2) is 10.6. The molecule has 160 valence electrons. The van der Waals surface area contributed by atoms with Gasteiger partial charge in [0, 0.05) is 26.2 Å². The van der Waals surface area contributed by atoms with Crippen LogP contribution in [-0.4, -0.2) is 46.5 Å². The first-order valence-corrected chi connectivity index (χ1v) is 9.00. The fourth-order valence-electron chi connectivity index (χ4n) is 2.12. The number of ether oxygens (including phenoxy) is 4. The van der Waals surface area contributed by atoms with Gasteiger partial charge in [0.05, 0.1) is 5.92 Å². The lowest BCUT2D eigenvalue weighted by Gasteiger charge is -2.42. The molecule has 0 saturated heterocycles. The topological polar surface area (TPSA) is 143 Å². The predicted molar refractivity (Wildman–Crippen MR) is 93.5 cm³/mol. The van der Waals surface area contributed by atoms with E-state index in [4.69, 9.17) is 18.9 Å².